The summed E-state index contributed by atoms with van der Waals surface area (Å²) in [4.78, 5) is 26.4. The minimum absolute atomic E-state index is 0.0572. The fraction of sp³-hybridized carbons (Fsp3) is 0.579. The molecule has 2 heterocycles. The van der Waals surface area contributed by atoms with Gasteiger partial charge in [-0.05, 0) is 37.8 Å². The molecule has 6 nitrogen and oxygen atoms in total. The topological polar surface area (TPSA) is 67.9 Å². The number of hydrogen-bond acceptors (Lipinski definition) is 5. The van der Waals surface area contributed by atoms with E-state index in [0.29, 0.717) is 6.54 Å². The summed E-state index contributed by atoms with van der Waals surface area (Å²) in [6, 6.07) is 9.31. The lowest BCUT2D eigenvalue weighted by molar-refractivity contribution is -0.150. The maximum absolute atomic E-state index is 12.4. The molecule has 1 aromatic carbocycles. The van der Waals surface area contributed by atoms with E-state index in [1.165, 1.54) is 0 Å². The second-order valence-electron chi connectivity index (χ2n) is 6.66. The van der Waals surface area contributed by atoms with Crippen molar-refractivity contribution >= 4 is 11.9 Å². The minimum atomic E-state index is -0.322. The van der Waals surface area contributed by atoms with Crippen LogP contribution in [-0.2, 0) is 25.7 Å². The third kappa shape index (κ3) is 5.28. The van der Waals surface area contributed by atoms with Crippen molar-refractivity contribution in [2.75, 3.05) is 26.2 Å². The van der Waals surface area contributed by atoms with Crippen LogP contribution in [0.2, 0.25) is 0 Å². The molecule has 25 heavy (non-hydrogen) atoms. The molecule has 136 valence electrons. The Labute approximate surface area is 148 Å². The van der Waals surface area contributed by atoms with E-state index >= 15 is 0 Å². The molecule has 0 radical (unpaired) electrons. The Kier molecular flexibility index (Phi) is 6.42. The molecule has 1 aromatic rings. The van der Waals surface area contributed by atoms with Crippen LogP contribution in [0.5, 0.6) is 0 Å². The van der Waals surface area contributed by atoms with Crippen molar-refractivity contribution in [2.45, 2.75) is 44.4 Å². The third-order valence-electron chi connectivity index (χ3n) is 4.76. The molecule has 1 N–H and O–H groups in total. The predicted octanol–water partition coefficient (Wildman–Crippen LogP) is 1.49. The van der Waals surface area contributed by atoms with E-state index in [-0.39, 0.29) is 37.2 Å². The van der Waals surface area contributed by atoms with Gasteiger partial charge in [0.2, 0.25) is 5.91 Å². The second-order valence-corrected chi connectivity index (χ2v) is 6.66. The van der Waals surface area contributed by atoms with Gasteiger partial charge < -0.3 is 14.8 Å². The van der Waals surface area contributed by atoms with Gasteiger partial charge in [-0.1, -0.05) is 30.3 Å². The molecule has 0 saturated carbocycles. The molecular formula is C19H26N2O4. The highest BCUT2D eigenvalue weighted by molar-refractivity contribution is 5.80. The first-order valence-corrected chi connectivity index (χ1v) is 9.05. The van der Waals surface area contributed by atoms with Gasteiger partial charge in [0.15, 0.2) is 0 Å². The Balaban J connectivity index is 1.42. The van der Waals surface area contributed by atoms with Crippen LogP contribution in [0, 0.1) is 0 Å². The van der Waals surface area contributed by atoms with Crippen LogP contribution in [0.15, 0.2) is 30.3 Å². The summed E-state index contributed by atoms with van der Waals surface area (Å²) in [5.41, 5.74) is 0.967. The largest absolute Gasteiger partial charge is 0.460 e. The molecule has 6 heteroatoms. The summed E-state index contributed by atoms with van der Waals surface area (Å²) in [7, 11) is 0. The summed E-state index contributed by atoms with van der Waals surface area (Å²) in [6.07, 6.45) is 3.84. The molecule has 0 bridgehead atoms. The minimum Gasteiger partial charge on any atom is -0.460 e. The highest BCUT2D eigenvalue weighted by Crippen LogP contribution is 2.19. The zero-order chi connectivity index (χ0) is 17.5. The molecule has 2 fully saturated rings. The van der Waals surface area contributed by atoms with Crippen molar-refractivity contribution < 1.29 is 19.1 Å². The maximum atomic E-state index is 12.4. The average molecular weight is 346 g/mol. The van der Waals surface area contributed by atoms with Crippen LogP contribution in [0.1, 0.15) is 31.2 Å². The number of amides is 1. The summed E-state index contributed by atoms with van der Waals surface area (Å²) in [6.45, 7) is 2.59. The van der Waals surface area contributed by atoms with Gasteiger partial charge in [-0.2, -0.15) is 0 Å². The highest BCUT2D eigenvalue weighted by Gasteiger charge is 2.33. The zero-order valence-corrected chi connectivity index (χ0v) is 14.5. The number of likely N-dealkylation sites (tertiary alicyclic amines) is 1. The van der Waals surface area contributed by atoms with Crippen molar-refractivity contribution in [2.24, 2.45) is 0 Å². The van der Waals surface area contributed by atoms with E-state index in [2.05, 4.69) is 5.32 Å². The number of nitrogens with one attached hydrogen (secondary N) is 1. The van der Waals surface area contributed by atoms with Crippen molar-refractivity contribution in [1.82, 2.24) is 10.2 Å². The molecular weight excluding hydrogens is 320 g/mol. The fourth-order valence-corrected chi connectivity index (χ4v) is 3.38. The monoisotopic (exact) mass is 346 g/mol. The Hall–Kier alpha value is -1.92. The summed E-state index contributed by atoms with van der Waals surface area (Å²) in [5, 5.41) is 2.91. The van der Waals surface area contributed by atoms with Gasteiger partial charge in [0, 0.05) is 13.2 Å². The van der Waals surface area contributed by atoms with E-state index in [1.807, 2.05) is 35.2 Å². The molecule has 2 atom stereocenters. The van der Waals surface area contributed by atoms with Crippen LogP contribution in [0.4, 0.5) is 0 Å². The first kappa shape index (κ1) is 17.9. The van der Waals surface area contributed by atoms with Crippen molar-refractivity contribution in [3.8, 4) is 0 Å². The number of esters is 1. The molecule has 2 aliphatic heterocycles. The van der Waals surface area contributed by atoms with Crippen LogP contribution >= 0.6 is 0 Å². The summed E-state index contributed by atoms with van der Waals surface area (Å²) >= 11 is 0. The Morgan fingerprint density at radius 3 is 2.80 bits per heavy atom. The van der Waals surface area contributed by atoms with Gasteiger partial charge in [0.05, 0.1) is 12.6 Å². The lowest BCUT2D eigenvalue weighted by Crippen LogP contribution is -2.44. The van der Waals surface area contributed by atoms with Crippen molar-refractivity contribution in [1.29, 1.82) is 0 Å². The number of hydrogen-bond donors (Lipinski definition) is 1. The number of ether oxygens (including phenoxy) is 2. The van der Waals surface area contributed by atoms with E-state index in [0.717, 1.165) is 44.4 Å². The number of carbonyl (C=O) groups is 2. The van der Waals surface area contributed by atoms with E-state index in [1.54, 1.807) is 0 Å². The van der Waals surface area contributed by atoms with Crippen LogP contribution in [-0.4, -0.2) is 55.2 Å². The van der Waals surface area contributed by atoms with E-state index in [9.17, 15) is 9.59 Å². The average Bonchev–Trinajstić information content (AvgIpc) is 3.30. The van der Waals surface area contributed by atoms with Crippen LogP contribution in [0.25, 0.3) is 0 Å². The van der Waals surface area contributed by atoms with Crippen LogP contribution in [0.3, 0.4) is 0 Å². The number of rotatable bonds is 7. The van der Waals surface area contributed by atoms with E-state index in [4.69, 9.17) is 9.47 Å². The summed E-state index contributed by atoms with van der Waals surface area (Å²) in [5.74, 6) is -0.300. The predicted molar refractivity (Wildman–Crippen MR) is 92.8 cm³/mol. The standard InChI is InChI=1S/C19H26N2O4/c22-18(20-12-16-8-5-11-24-16)13-21-10-4-9-17(21)19(23)25-14-15-6-2-1-3-7-15/h1-3,6-7,16-17H,4-5,8-14H2,(H,20,22). The van der Waals surface area contributed by atoms with Gasteiger partial charge in [0.25, 0.3) is 0 Å². The molecule has 1 amide bonds. The van der Waals surface area contributed by atoms with Crippen molar-refractivity contribution in [3.05, 3.63) is 35.9 Å². The number of nitrogens with zero attached hydrogens (tertiary/aromatic N) is 1. The van der Waals surface area contributed by atoms with Crippen molar-refractivity contribution in [3.63, 3.8) is 0 Å². The second kappa shape index (κ2) is 8.97. The Morgan fingerprint density at radius 2 is 2.04 bits per heavy atom. The smallest absolute Gasteiger partial charge is 0.323 e. The number of carbonyl (C=O) groups excluding carboxylic acids is 2. The van der Waals surface area contributed by atoms with Crippen LogP contribution < -0.4 is 5.32 Å². The molecule has 0 aromatic heterocycles. The molecule has 2 aliphatic rings. The lowest BCUT2D eigenvalue weighted by atomic mass is 10.2. The van der Waals surface area contributed by atoms with Gasteiger partial charge in [-0.25, -0.2) is 0 Å². The quantitative estimate of drug-likeness (QED) is 0.758. The van der Waals surface area contributed by atoms with Gasteiger partial charge in [-0.3, -0.25) is 14.5 Å². The van der Waals surface area contributed by atoms with Gasteiger partial charge in [0.1, 0.15) is 12.6 Å². The summed E-state index contributed by atoms with van der Waals surface area (Å²) < 4.78 is 10.9. The van der Waals surface area contributed by atoms with Gasteiger partial charge in [-0.15, -0.1) is 0 Å². The molecule has 2 saturated heterocycles. The first-order valence-electron chi connectivity index (χ1n) is 9.05. The normalized spacial score (nSPS) is 23.5. The Bertz CT molecular complexity index is 572. The Morgan fingerprint density at radius 1 is 1.20 bits per heavy atom. The number of benzene rings is 1. The first-order chi connectivity index (χ1) is 12.2. The SMILES string of the molecule is O=C(CN1CCCC1C(=O)OCc1ccccc1)NCC1CCCO1. The maximum Gasteiger partial charge on any atom is 0.323 e. The molecule has 2 unspecified atom stereocenters. The highest BCUT2D eigenvalue weighted by atomic mass is 16.5. The van der Waals surface area contributed by atoms with Gasteiger partial charge >= 0.3 is 5.97 Å². The van der Waals surface area contributed by atoms with E-state index < -0.39 is 0 Å². The fourth-order valence-electron chi connectivity index (χ4n) is 3.38. The molecule has 0 aliphatic carbocycles. The third-order valence-corrected chi connectivity index (χ3v) is 4.76. The zero-order valence-electron chi connectivity index (χ0n) is 14.5. The molecule has 0 spiro atoms. The molecule has 3 rings (SSSR count). The lowest BCUT2D eigenvalue weighted by Gasteiger charge is -2.22.